The maximum Gasteiger partial charge on any atom is 0.240 e. The molecule has 1 amide bonds. The quantitative estimate of drug-likeness (QED) is 0.771. The van der Waals surface area contributed by atoms with Crippen LogP contribution in [0.15, 0.2) is 0 Å². The van der Waals surface area contributed by atoms with E-state index >= 15 is 0 Å². The van der Waals surface area contributed by atoms with Gasteiger partial charge in [0, 0.05) is 6.04 Å². The largest absolute Gasteiger partial charge is 0.351 e. The van der Waals surface area contributed by atoms with Gasteiger partial charge in [0.1, 0.15) is 0 Å². The summed E-state index contributed by atoms with van der Waals surface area (Å²) in [5.41, 5.74) is -0.471. The molecule has 2 rings (SSSR count). The number of nitrogens with one attached hydrogen (secondary N) is 2. The Kier molecular flexibility index (Phi) is 3.96. The highest BCUT2D eigenvalue weighted by Gasteiger charge is 2.40. The van der Waals surface area contributed by atoms with E-state index in [0.29, 0.717) is 6.42 Å². The van der Waals surface area contributed by atoms with Crippen LogP contribution in [-0.4, -0.2) is 44.0 Å². The van der Waals surface area contributed by atoms with Crippen LogP contribution < -0.4 is 10.6 Å². The molecule has 0 aromatic heterocycles. The number of hydrogen-bond acceptors (Lipinski definition) is 4. The van der Waals surface area contributed by atoms with Crippen LogP contribution in [0.25, 0.3) is 0 Å². The van der Waals surface area contributed by atoms with Crippen LogP contribution in [0.5, 0.6) is 0 Å². The Bertz CT molecular complexity index is 413. The van der Waals surface area contributed by atoms with Gasteiger partial charge >= 0.3 is 0 Å². The maximum atomic E-state index is 12.3. The fraction of sp³-hybridized carbons (Fsp3) is 0.917. The third kappa shape index (κ3) is 2.85. The second kappa shape index (κ2) is 5.17. The molecule has 0 aromatic rings. The summed E-state index contributed by atoms with van der Waals surface area (Å²) < 4.78 is 23.1. The van der Waals surface area contributed by atoms with Crippen LogP contribution in [0.3, 0.4) is 0 Å². The molecule has 0 aromatic carbocycles. The van der Waals surface area contributed by atoms with Gasteiger partial charge in [0.05, 0.1) is 17.0 Å². The minimum Gasteiger partial charge on any atom is -0.351 e. The van der Waals surface area contributed by atoms with Gasteiger partial charge in [-0.2, -0.15) is 0 Å². The molecular formula is C12H22N2O3S. The lowest BCUT2D eigenvalue weighted by Gasteiger charge is -2.31. The highest BCUT2D eigenvalue weighted by Crippen LogP contribution is 2.24. The molecule has 5 nitrogen and oxygen atoms in total. The molecule has 2 aliphatic rings. The van der Waals surface area contributed by atoms with E-state index in [2.05, 4.69) is 10.6 Å². The zero-order chi connectivity index (χ0) is 13.2. The molecule has 2 unspecified atom stereocenters. The molecule has 2 fully saturated rings. The van der Waals surface area contributed by atoms with Gasteiger partial charge in [-0.3, -0.25) is 4.79 Å². The first kappa shape index (κ1) is 13.8. The van der Waals surface area contributed by atoms with Crippen molar-refractivity contribution in [1.82, 2.24) is 10.6 Å². The molecule has 2 heterocycles. The van der Waals surface area contributed by atoms with Crippen molar-refractivity contribution in [3.05, 3.63) is 0 Å². The standard InChI is InChI=1S/C12H22N2O3S/c1-2-12(6-4-7-13-12)11(15)14-10-5-3-8-18(16,17)9-10/h10,13H,2-9H2,1H3,(H,14,15). The molecule has 18 heavy (non-hydrogen) atoms. The molecule has 6 heteroatoms. The fourth-order valence-corrected chi connectivity index (χ4v) is 4.56. The minimum absolute atomic E-state index is 0.0235. The molecule has 0 bridgehead atoms. The van der Waals surface area contributed by atoms with E-state index in [1.54, 1.807) is 0 Å². The summed E-state index contributed by atoms with van der Waals surface area (Å²) in [4.78, 5) is 12.3. The van der Waals surface area contributed by atoms with Gasteiger partial charge < -0.3 is 10.6 Å². The van der Waals surface area contributed by atoms with Crippen molar-refractivity contribution in [2.45, 2.75) is 50.6 Å². The fourth-order valence-electron chi connectivity index (χ4n) is 2.92. The van der Waals surface area contributed by atoms with Crippen LogP contribution in [0, 0.1) is 0 Å². The Hall–Kier alpha value is -0.620. The summed E-state index contributed by atoms with van der Waals surface area (Å²) in [7, 11) is -2.96. The first-order chi connectivity index (χ1) is 8.47. The van der Waals surface area contributed by atoms with Gasteiger partial charge in [0.2, 0.25) is 5.91 Å². The lowest BCUT2D eigenvalue weighted by molar-refractivity contribution is -0.127. The Labute approximate surface area is 109 Å². The van der Waals surface area contributed by atoms with Crippen LogP contribution in [0.1, 0.15) is 39.0 Å². The van der Waals surface area contributed by atoms with Gasteiger partial charge in [0.25, 0.3) is 0 Å². The summed E-state index contributed by atoms with van der Waals surface area (Å²) in [6.07, 6.45) is 4.02. The first-order valence-electron chi connectivity index (χ1n) is 6.74. The summed E-state index contributed by atoms with van der Waals surface area (Å²) in [5, 5.41) is 6.20. The molecule has 2 atom stereocenters. The van der Waals surface area contributed by atoms with E-state index in [0.717, 1.165) is 32.2 Å². The number of hydrogen-bond donors (Lipinski definition) is 2. The molecule has 2 N–H and O–H groups in total. The van der Waals surface area contributed by atoms with Crippen LogP contribution in [0.4, 0.5) is 0 Å². The smallest absolute Gasteiger partial charge is 0.240 e. The zero-order valence-corrected chi connectivity index (χ0v) is 11.7. The molecule has 0 spiro atoms. The normalized spacial score (nSPS) is 35.3. The van der Waals surface area contributed by atoms with Crippen molar-refractivity contribution in [3.8, 4) is 0 Å². The van der Waals surface area contributed by atoms with E-state index in [1.165, 1.54) is 0 Å². The topological polar surface area (TPSA) is 75.3 Å². The van der Waals surface area contributed by atoms with Crippen LogP contribution in [-0.2, 0) is 14.6 Å². The molecule has 2 saturated heterocycles. The van der Waals surface area contributed by atoms with Gasteiger partial charge in [-0.1, -0.05) is 6.92 Å². The van der Waals surface area contributed by atoms with Crippen molar-refractivity contribution in [3.63, 3.8) is 0 Å². The van der Waals surface area contributed by atoms with Crippen LogP contribution in [0.2, 0.25) is 0 Å². The third-order valence-electron chi connectivity index (χ3n) is 4.08. The lowest BCUT2D eigenvalue weighted by Crippen LogP contribution is -2.57. The summed E-state index contributed by atoms with van der Waals surface area (Å²) >= 11 is 0. The predicted octanol–water partition coefficient (Wildman–Crippen LogP) is 0.212. The van der Waals surface area contributed by atoms with E-state index < -0.39 is 15.4 Å². The third-order valence-corrected chi connectivity index (χ3v) is 5.90. The monoisotopic (exact) mass is 274 g/mol. The van der Waals surface area contributed by atoms with Crippen molar-refractivity contribution in [1.29, 1.82) is 0 Å². The molecule has 2 aliphatic heterocycles. The first-order valence-corrected chi connectivity index (χ1v) is 8.56. The molecule has 0 radical (unpaired) electrons. The highest BCUT2D eigenvalue weighted by atomic mass is 32.2. The number of amides is 1. The van der Waals surface area contributed by atoms with Gasteiger partial charge in [-0.15, -0.1) is 0 Å². The molecule has 0 saturated carbocycles. The average Bonchev–Trinajstić information content (AvgIpc) is 2.77. The molecular weight excluding hydrogens is 252 g/mol. The van der Waals surface area contributed by atoms with Gasteiger partial charge in [-0.25, -0.2) is 8.42 Å². The number of carbonyl (C=O) groups is 1. The predicted molar refractivity (Wildman–Crippen MR) is 70.1 cm³/mol. The van der Waals surface area contributed by atoms with E-state index in [-0.39, 0.29) is 23.5 Å². The Morgan fingerprint density at radius 3 is 2.78 bits per heavy atom. The average molecular weight is 274 g/mol. The lowest BCUT2D eigenvalue weighted by atomic mass is 9.92. The van der Waals surface area contributed by atoms with Crippen molar-refractivity contribution in [2.75, 3.05) is 18.1 Å². The van der Waals surface area contributed by atoms with Gasteiger partial charge in [0.15, 0.2) is 9.84 Å². The molecule has 104 valence electrons. The van der Waals surface area contributed by atoms with Gasteiger partial charge in [-0.05, 0) is 38.6 Å². The minimum atomic E-state index is -2.96. The second-order valence-electron chi connectivity index (χ2n) is 5.39. The van der Waals surface area contributed by atoms with E-state index in [1.807, 2.05) is 6.92 Å². The van der Waals surface area contributed by atoms with E-state index in [9.17, 15) is 13.2 Å². The Morgan fingerprint density at radius 2 is 2.22 bits per heavy atom. The summed E-state index contributed by atoms with van der Waals surface area (Å²) in [6.45, 7) is 2.86. The SMILES string of the molecule is CCC1(C(=O)NC2CCCS(=O)(=O)C2)CCCN1. The zero-order valence-electron chi connectivity index (χ0n) is 10.9. The Morgan fingerprint density at radius 1 is 1.44 bits per heavy atom. The van der Waals surface area contributed by atoms with Crippen molar-refractivity contribution >= 4 is 15.7 Å². The van der Waals surface area contributed by atoms with Crippen LogP contribution >= 0.6 is 0 Å². The van der Waals surface area contributed by atoms with Crippen molar-refractivity contribution < 1.29 is 13.2 Å². The van der Waals surface area contributed by atoms with Crippen molar-refractivity contribution in [2.24, 2.45) is 0 Å². The summed E-state index contributed by atoms with van der Waals surface area (Å²) in [5.74, 6) is 0.333. The second-order valence-corrected chi connectivity index (χ2v) is 7.62. The highest BCUT2D eigenvalue weighted by molar-refractivity contribution is 7.91. The Balaban J connectivity index is 1.98. The molecule has 0 aliphatic carbocycles. The maximum absolute atomic E-state index is 12.3. The van der Waals surface area contributed by atoms with E-state index in [4.69, 9.17) is 0 Å². The number of sulfone groups is 1. The number of carbonyl (C=O) groups excluding carboxylic acids is 1. The number of rotatable bonds is 3. The summed E-state index contributed by atoms with van der Waals surface area (Å²) in [6, 6.07) is -0.206.